The van der Waals surface area contributed by atoms with Crippen molar-refractivity contribution in [2.24, 2.45) is 0 Å². The van der Waals surface area contributed by atoms with Gasteiger partial charge in [-0.3, -0.25) is 4.79 Å². The van der Waals surface area contributed by atoms with Crippen molar-refractivity contribution in [3.05, 3.63) is 58.0 Å². The maximum Gasteiger partial charge on any atom is 0.262 e. The van der Waals surface area contributed by atoms with Crippen molar-refractivity contribution >= 4 is 34.1 Å². The van der Waals surface area contributed by atoms with Crippen molar-refractivity contribution in [1.29, 1.82) is 0 Å². The molecule has 8 heteroatoms. The molecule has 0 aliphatic rings. The van der Waals surface area contributed by atoms with E-state index in [0.717, 1.165) is 10.0 Å². The Morgan fingerprint density at radius 2 is 1.92 bits per heavy atom. The highest BCUT2D eigenvalue weighted by molar-refractivity contribution is 8.00. The van der Waals surface area contributed by atoms with E-state index in [1.165, 1.54) is 16.6 Å². The van der Waals surface area contributed by atoms with Crippen molar-refractivity contribution in [3.63, 3.8) is 0 Å². The number of para-hydroxylation sites is 1. The smallest absolute Gasteiger partial charge is 0.262 e. The van der Waals surface area contributed by atoms with Gasteiger partial charge in [-0.2, -0.15) is 5.10 Å². The number of thiazole rings is 1. The molecule has 0 saturated carbocycles. The van der Waals surface area contributed by atoms with Crippen LogP contribution in [0.25, 0.3) is 16.7 Å². The van der Waals surface area contributed by atoms with Gasteiger partial charge in [-0.15, -0.1) is 11.3 Å². The largest absolute Gasteiger partial charge is 0.300 e. The van der Waals surface area contributed by atoms with Gasteiger partial charge in [0.05, 0.1) is 11.9 Å². The van der Waals surface area contributed by atoms with Crippen molar-refractivity contribution in [2.75, 3.05) is 0 Å². The van der Waals surface area contributed by atoms with E-state index >= 15 is 0 Å². The summed E-state index contributed by atoms with van der Waals surface area (Å²) >= 11 is 2.98. The number of fused-ring (bicyclic) bond motifs is 1. The summed E-state index contributed by atoms with van der Waals surface area (Å²) in [7, 11) is 0. The van der Waals surface area contributed by atoms with E-state index < -0.39 is 0 Å². The normalized spacial score (nSPS) is 12.0. The summed E-state index contributed by atoms with van der Waals surface area (Å²) in [5.74, 6) is 0. The number of rotatable bonds is 3. The molecule has 26 heavy (non-hydrogen) atoms. The first-order valence-corrected chi connectivity index (χ1v) is 9.73. The van der Waals surface area contributed by atoms with E-state index in [9.17, 15) is 4.79 Å². The van der Waals surface area contributed by atoms with Gasteiger partial charge in [0.2, 0.25) is 0 Å². The first-order chi connectivity index (χ1) is 12.4. The molecule has 0 saturated heterocycles. The van der Waals surface area contributed by atoms with E-state index in [0.29, 0.717) is 16.2 Å². The third-order valence-corrected chi connectivity index (χ3v) is 6.21. The van der Waals surface area contributed by atoms with Gasteiger partial charge >= 0.3 is 0 Å². The fourth-order valence-electron chi connectivity index (χ4n) is 2.44. The van der Waals surface area contributed by atoms with Gasteiger partial charge in [0.1, 0.15) is 5.39 Å². The number of nitrogens with one attached hydrogen (secondary N) is 1. The number of aromatic amines is 1. The van der Waals surface area contributed by atoms with E-state index in [4.69, 9.17) is 0 Å². The Kier molecular flexibility index (Phi) is 4.16. The lowest BCUT2D eigenvalue weighted by Gasteiger charge is -2.14. The molecular formula is C18H17N5OS2. The standard InChI is InChI=1S/C18H17N5OS2/c1-18(2,3)13-10-19-17(25-13)26-16-21-14-12(15(24)22-16)9-20-23(14)11-7-5-4-6-8-11/h4-10H,1-3H3,(H,21,22,24). The molecule has 0 bridgehead atoms. The van der Waals surface area contributed by atoms with Gasteiger partial charge in [-0.25, -0.2) is 14.6 Å². The van der Waals surface area contributed by atoms with Crippen LogP contribution in [0, 0.1) is 0 Å². The summed E-state index contributed by atoms with van der Waals surface area (Å²) in [6.07, 6.45) is 3.43. The van der Waals surface area contributed by atoms with E-state index in [-0.39, 0.29) is 11.0 Å². The molecule has 0 atom stereocenters. The molecule has 6 nitrogen and oxygen atoms in total. The van der Waals surface area contributed by atoms with Crippen molar-refractivity contribution < 1.29 is 0 Å². The molecule has 0 spiro atoms. The molecular weight excluding hydrogens is 366 g/mol. The molecule has 3 heterocycles. The number of aromatic nitrogens is 5. The van der Waals surface area contributed by atoms with Gasteiger partial charge in [0, 0.05) is 11.1 Å². The quantitative estimate of drug-likeness (QED) is 0.541. The lowest BCUT2D eigenvalue weighted by atomic mass is 9.96. The molecule has 0 aliphatic carbocycles. The minimum atomic E-state index is -0.202. The summed E-state index contributed by atoms with van der Waals surface area (Å²) < 4.78 is 2.53. The molecule has 4 rings (SSSR count). The number of nitrogens with zero attached hydrogens (tertiary/aromatic N) is 4. The molecule has 132 valence electrons. The second kappa shape index (κ2) is 6.37. The predicted molar refractivity (Wildman–Crippen MR) is 104 cm³/mol. The number of hydrogen-bond donors (Lipinski definition) is 1. The van der Waals surface area contributed by atoms with Crippen LogP contribution in [0.5, 0.6) is 0 Å². The Morgan fingerprint density at radius 1 is 1.15 bits per heavy atom. The maximum absolute atomic E-state index is 12.4. The Hall–Kier alpha value is -2.45. The number of H-pyrrole nitrogens is 1. The Morgan fingerprint density at radius 3 is 2.62 bits per heavy atom. The minimum Gasteiger partial charge on any atom is -0.300 e. The van der Waals surface area contributed by atoms with E-state index in [1.54, 1.807) is 22.2 Å². The van der Waals surface area contributed by atoms with E-state index in [2.05, 4.69) is 40.8 Å². The molecule has 3 aromatic heterocycles. The van der Waals surface area contributed by atoms with Crippen LogP contribution in [0.4, 0.5) is 0 Å². The van der Waals surface area contributed by atoms with Crippen LogP contribution in [-0.2, 0) is 5.41 Å². The fourth-order valence-corrected chi connectivity index (χ4v) is 4.36. The third-order valence-electron chi connectivity index (χ3n) is 3.82. The van der Waals surface area contributed by atoms with Crippen molar-refractivity contribution in [3.8, 4) is 5.69 Å². The maximum atomic E-state index is 12.4. The van der Waals surface area contributed by atoms with Gasteiger partial charge < -0.3 is 4.98 Å². The Labute approximate surface area is 158 Å². The summed E-state index contributed by atoms with van der Waals surface area (Å²) in [6.45, 7) is 6.46. The predicted octanol–water partition coefficient (Wildman–Crippen LogP) is 4.01. The summed E-state index contributed by atoms with van der Waals surface area (Å²) in [5.41, 5.74) is 1.25. The van der Waals surface area contributed by atoms with Crippen molar-refractivity contribution in [2.45, 2.75) is 35.7 Å². The second-order valence-electron chi connectivity index (χ2n) is 6.84. The van der Waals surface area contributed by atoms with Crippen molar-refractivity contribution in [1.82, 2.24) is 24.7 Å². The lowest BCUT2D eigenvalue weighted by Crippen LogP contribution is -2.09. The first-order valence-electron chi connectivity index (χ1n) is 8.09. The number of benzene rings is 1. The zero-order chi connectivity index (χ0) is 18.3. The lowest BCUT2D eigenvalue weighted by molar-refractivity contribution is 0.602. The number of hydrogen-bond acceptors (Lipinski definition) is 6. The van der Waals surface area contributed by atoms with Crippen LogP contribution in [-0.4, -0.2) is 24.7 Å². The highest BCUT2D eigenvalue weighted by Gasteiger charge is 2.18. The zero-order valence-corrected chi connectivity index (χ0v) is 16.2. The SMILES string of the molecule is CC(C)(C)c1cnc(Sc2nc3c(cnn3-c3ccccc3)c(=O)[nH]2)s1. The molecule has 0 aliphatic heterocycles. The second-order valence-corrected chi connectivity index (χ2v) is 9.11. The van der Waals surface area contributed by atoms with Crippen LogP contribution in [0.3, 0.4) is 0 Å². The average molecular weight is 384 g/mol. The molecule has 1 N–H and O–H groups in total. The monoisotopic (exact) mass is 383 g/mol. The van der Waals surface area contributed by atoms with Gasteiger partial charge in [-0.05, 0) is 29.3 Å². The third kappa shape index (κ3) is 3.17. The molecule has 0 fully saturated rings. The summed E-state index contributed by atoms with van der Waals surface area (Å²) in [6, 6.07) is 9.65. The van der Waals surface area contributed by atoms with E-state index in [1.807, 2.05) is 36.5 Å². The average Bonchev–Trinajstić information content (AvgIpc) is 3.22. The summed E-state index contributed by atoms with van der Waals surface area (Å²) in [5, 5.41) is 5.30. The van der Waals surface area contributed by atoms with Crippen LogP contribution in [0.1, 0.15) is 25.6 Å². The van der Waals surface area contributed by atoms with Gasteiger partial charge in [0.15, 0.2) is 15.1 Å². The van der Waals surface area contributed by atoms with Gasteiger partial charge in [-0.1, -0.05) is 39.0 Å². The Bertz CT molecular complexity index is 1120. The molecule has 4 aromatic rings. The Balaban J connectivity index is 1.75. The highest BCUT2D eigenvalue weighted by atomic mass is 32.2. The highest BCUT2D eigenvalue weighted by Crippen LogP contribution is 2.34. The van der Waals surface area contributed by atoms with Crippen LogP contribution >= 0.6 is 23.1 Å². The topological polar surface area (TPSA) is 76.5 Å². The first kappa shape index (κ1) is 17.0. The van der Waals surface area contributed by atoms with Gasteiger partial charge in [0.25, 0.3) is 5.56 Å². The molecule has 0 amide bonds. The molecule has 1 aromatic carbocycles. The summed E-state index contributed by atoms with van der Waals surface area (Å²) in [4.78, 5) is 25.5. The molecule has 0 unspecified atom stereocenters. The zero-order valence-electron chi connectivity index (χ0n) is 14.6. The fraction of sp³-hybridized carbons (Fsp3) is 0.222. The van der Waals surface area contributed by atoms with Crippen LogP contribution in [0.2, 0.25) is 0 Å². The minimum absolute atomic E-state index is 0.0488. The van der Waals surface area contributed by atoms with Crippen LogP contribution < -0.4 is 5.56 Å². The van der Waals surface area contributed by atoms with Crippen LogP contribution in [0.15, 0.2) is 57.0 Å². The molecule has 0 radical (unpaired) electrons.